The highest BCUT2D eigenvalue weighted by atomic mass is 32.2. The van der Waals surface area contributed by atoms with Gasteiger partial charge in [0, 0.05) is 65.9 Å². The Morgan fingerprint density at radius 1 is 1.06 bits per heavy atom. The summed E-state index contributed by atoms with van der Waals surface area (Å²) in [6, 6.07) is 3.82. The van der Waals surface area contributed by atoms with Crippen LogP contribution in [0.25, 0.3) is 0 Å². The van der Waals surface area contributed by atoms with Gasteiger partial charge in [-0.3, -0.25) is 9.58 Å². The second-order valence-electron chi connectivity index (χ2n) is 12.1. The van der Waals surface area contributed by atoms with Crippen molar-refractivity contribution in [2.45, 2.75) is 88.5 Å². The summed E-state index contributed by atoms with van der Waals surface area (Å²) >= 11 is 2.16. The lowest BCUT2D eigenvalue weighted by Gasteiger charge is -2.38. The van der Waals surface area contributed by atoms with E-state index in [0.717, 1.165) is 62.7 Å². The van der Waals surface area contributed by atoms with E-state index in [1.54, 1.807) is 5.69 Å². The van der Waals surface area contributed by atoms with Gasteiger partial charge < -0.3 is 9.47 Å². The van der Waals surface area contributed by atoms with E-state index in [2.05, 4.69) is 41.3 Å². The standard InChI is InChI=1S/C26H39N3O2S/c1-17(2)29-23(13-22(27-29)18-3-5-26(6-4-18)30-9-10-31-26)24-20-11-19(12-21(20)24)28-8-7-25(14-28)15-32-16-25/h13,17-21,24H,3-12,14-16H2,1-2H3. The molecule has 4 heterocycles. The van der Waals surface area contributed by atoms with Crippen molar-refractivity contribution in [3.05, 3.63) is 17.5 Å². The first-order valence-corrected chi connectivity index (χ1v) is 14.4. The first-order chi connectivity index (χ1) is 15.5. The Morgan fingerprint density at radius 3 is 2.38 bits per heavy atom. The van der Waals surface area contributed by atoms with Gasteiger partial charge in [0.1, 0.15) is 0 Å². The molecule has 3 saturated heterocycles. The number of hydrogen-bond donors (Lipinski definition) is 0. The van der Waals surface area contributed by atoms with Gasteiger partial charge in [-0.15, -0.1) is 0 Å². The SMILES string of the molecule is CC(C)n1nc(C2CCC3(CC2)OCCO3)cc1C1C2CC(N3CCC4(CSC4)C3)CC21. The zero-order valence-corrected chi connectivity index (χ0v) is 20.6. The second kappa shape index (κ2) is 7.47. The predicted molar refractivity (Wildman–Crippen MR) is 127 cm³/mol. The van der Waals surface area contributed by atoms with Crippen LogP contribution in [-0.2, 0) is 9.47 Å². The van der Waals surface area contributed by atoms with Gasteiger partial charge in [-0.25, -0.2) is 0 Å². The number of ether oxygens (including phenoxy) is 2. The van der Waals surface area contributed by atoms with Crippen LogP contribution in [0.5, 0.6) is 0 Å². The average Bonchev–Trinajstić information content (AvgIpc) is 3.36. The molecule has 1 aromatic heterocycles. The molecule has 0 bridgehead atoms. The fourth-order valence-electron chi connectivity index (χ4n) is 7.89. The minimum Gasteiger partial charge on any atom is -0.348 e. The van der Waals surface area contributed by atoms with Crippen molar-refractivity contribution in [2.24, 2.45) is 17.3 Å². The Labute approximate surface area is 197 Å². The molecule has 3 aliphatic carbocycles. The quantitative estimate of drug-likeness (QED) is 0.650. The number of aromatic nitrogens is 2. The number of hydrogen-bond acceptors (Lipinski definition) is 5. The van der Waals surface area contributed by atoms with Crippen molar-refractivity contribution in [1.82, 2.24) is 14.7 Å². The Balaban J connectivity index is 1.03. The second-order valence-corrected chi connectivity index (χ2v) is 13.1. The molecule has 2 unspecified atom stereocenters. The molecule has 6 fully saturated rings. The van der Waals surface area contributed by atoms with Crippen LogP contribution in [0, 0.1) is 17.3 Å². The number of fused-ring (bicyclic) bond motifs is 1. The average molecular weight is 458 g/mol. The van der Waals surface area contributed by atoms with Gasteiger partial charge in [0.2, 0.25) is 0 Å². The molecular formula is C26H39N3O2S. The van der Waals surface area contributed by atoms with Gasteiger partial charge in [0.15, 0.2) is 5.79 Å². The van der Waals surface area contributed by atoms with E-state index in [1.807, 2.05) is 0 Å². The normalized spacial score (nSPS) is 38.1. The van der Waals surface area contributed by atoms with E-state index in [4.69, 9.17) is 14.6 Å². The summed E-state index contributed by atoms with van der Waals surface area (Å²) in [6.07, 6.45) is 8.64. The summed E-state index contributed by atoms with van der Waals surface area (Å²) in [7, 11) is 0. The third kappa shape index (κ3) is 3.26. The highest BCUT2D eigenvalue weighted by Crippen LogP contribution is 2.65. The molecule has 1 aromatic rings. The highest BCUT2D eigenvalue weighted by molar-refractivity contribution is 8.00. The largest absolute Gasteiger partial charge is 0.348 e. The number of thioether (sulfide) groups is 1. The molecule has 0 aromatic carbocycles. The van der Waals surface area contributed by atoms with Gasteiger partial charge >= 0.3 is 0 Å². The van der Waals surface area contributed by atoms with Crippen LogP contribution >= 0.6 is 11.8 Å². The molecule has 6 heteroatoms. The Kier molecular flexibility index (Phi) is 4.85. The van der Waals surface area contributed by atoms with Crippen molar-refractivity contribution >= 4 is 11.8 Å². The fraction of sp³-hybridized carbons (Fsp3) is 0.885. The van der Waals surface area contributed by atoms with Gasteiger partial charge in [0.25, 0.3) is 0 Å². The Hall–Kier alpha value is -0.560. The minimum absolute atomic E-state index is 0.269. The van der Waals surface area contributed by atoms with Crippen LogP contribution in [0.4, 0.5) is 0 Å². The molecule has 0 radical (unpaired) electrons. The Morgan fingerprint density at radius 2 is 1.78 bits per heavy atom. The summed E-state index contributed by atoms with van der Waals surface area (Å²) in [6.45, 7) is 8.88. The zero-order chi connectivity index (χ0) is 21.5. The molecule has 2 atom stereocenters. The van der Waals surface area contributed by atoms with Crippen molar-refractivity contribution in [3.8, 4) is 0 Å². The van der Waals surface area contributed by atoms with Gasteiger partial charge in [-0.2, -0.15) is 16.9 Å². The van der Waals surface area contributed by atoms with Gasteiger partial charge in [-0.05, 0) is 70.4 Å². The van der Waals surface area contributed by atoms with E-state index < -0.39 is 0 Å². The topological polar surface area (TPSA) is 39.5 Å². The molecule has 0 N–H and O–H groups in total. The summed E-state index contributed by atoms with van der Waals surface area (Å²) < 4.78 is 14.3. The summed E-state index contributed by atoms with van der Waals surface area (Å²) in [5.74, 6) is 5.72. The van der Waals surface area contributed by atoms with Crippen molar-refractivity contribution in [1.29, 1.82) is 0 Å². The van der Waals surface area contributed by atoms with Crippen LogP contribution < -0.4 is 0 Å². The Bertz CT molecular complexity index is 852. The molecule has 32 heavy (non-hydrogen) atoms. The molecule has 176 valence electrons. The molecule has 6 aliphatic rings. The van der Waals surface area contributed by atoms with Crippen LogP contribution in [0.2, 0.25) is 0 Å². The van der Waals surface area contributed by atoms with Crippen molar-refractivity contribution in [3.63, 3.8) is 0 Å². The maximum Gasteiger partial charge on any atom is 0.168 e. The number of nitrogens with zero attached hydrogens (tertiary/aromatic N) is 3. The lowest BCUT2D eigenvalue weighted by molar-refractivity contribution is -0.178. The zero-order valence-electron chi connectivity index (χ0n) is 19.8. The lowest BCUT2D eigenvalue weighted by atomic mass is 9.83. The van der Waals surface area contributed by atoms with E-state index in [1.165, 1.54) is 49.6 Å². The molecule has 3 aliphatic heterocycles. The third-order valence-electron chi connectivity index (χ3n) is 9.81. The molecule has 7 rings (SSSR count). The first-order valence-electron chi connectivity index (χ1n) is 13.2. The smallest absolute Gasteiger partial charge is 0.168 e. The van der Waals surface area contributed by atoms with E-state index in [-0.39, 0.29) is 5.79 Å². The molecule has 3 saturated carbocycles. The predicted octanol–water partition coefficient (Wildman–Crippen LogP) is 4.80. The van der Waals surface area contributed by atoms with E-state index in [0.29, 0.717) is 17.4 Å². The van der Waals surface area contributed by atoms with E-state index in [9.17, 15) is 0 Å². The third-order valence-corrected chi connectivity index (χ3v) is 11.4. The fourth-order valence-corrected chi connectivity index (χ4v) is 9.14. The summed E-state index contributed by atoms with van der Waals surface area (Å²) in [5, 5.41) is 5.19. The molecular weight excluding hydrogens is 418 g/mol. The number of likely N-dealkylation sites (tertiary alicyclic amines) is 1. The monoisotopic (exact) mass is 457 g/mol. The maximum absolute atomic E-state index is 5.95. The minimum atomic E-state index is -0.269. The van der Waals surface area contributed by atoms with Crippen molar-refractivity contribution in [2.75, 3.05) is 37.8 Å². The summed E-state index contributed by atoms with van der Waals surface area (Å²) in [5.41, 5.74) is 3.59. The summed E-state index contributed by atoms with van der Waals surface area (Å²) in [4.78, 5) is 2.87. The van der Waals surface area contributed by atoms with Gasteiger partial charge in [-0.1, -0.05) is 0 Å². The highest BCUT2D eigenvalue weighted by Gasteiger charge is 2.60. The maximum atomic E-state index is 5.95. The first kappa shape index (κ1) is 20.8. The lowest BCUT2D eigenvalue weighted by Crippen LogP contribution is -2.41. The van der Waals surface area contributed by atoms with Crippen LogP contribution in [0.15, 0.2) is 6.07 Å². The van der Waals surface area contributed by atoms with Crippen molar-refractivity contribution < 1.29 is 9.47 Å². The molecule has 2 spiro atoms. The number of rotatable bonds is 4. The van der Waals surface area contributed by atoms with E-state index >= 15 is 0 Å². The van der Waals surface area contributed by atoms with Crippen LogP contribution in [0.3, 0.4) is 0 Å². The molecule has 0 amide bonds. The van der Waals surface area contributed by atoms with Gasteiger partial charge in [0.05, 0.1) is 18.9 Å². The van der Waals surface area contributed by atoms with Crippen LogP contribution in [-0.4, -0.2) is 64.3 Å². The molecule has 5 nitrogen and oxygen atoms in total. The van der Waals surface area contributed by atoms with Crippen LogP contribution in [0.1, 0.15) is 88.1 Å².